The molecule has 0 bridgehead atoms. The standard InChI is InChI=1S/C16H29N3O2/c1-3-8-17-15(20)13(2)18-9-11-19(12-10-18)16(21)14-6-4-5-7-14/h13-14H,3-12H2,1-2H3,(H,17,20). The maximum absolute atomic E-state index is 12.4. The second kappa shape index (κ2) is 7.78. The fraction of sp³-hybridized carbons (Fsp3) is 0.875. The first-order valence-corrected chi connectivity index (χ1v) is 8.44. The van der Waals surface area contributed by atoms with E-state index in [0.717, 1.165) is 52.0 Å². The van der Waals surface area contributed by atoms with Crippen molar-refractivity contribution in [2.75, 3.05) is 32.7 Å². The summed E-state index contributed by atoms with van der Waals surface area (Å²) < 4.78 is 0. The molecular formula is C16H29N3O2. The van der Waals surface area contributed by atoms with Crippen molar-refractivity contribution < 1.29 is 9.59 Å². The molecule has 1 atom stereocenters. The van der Waals surface area contributed by atoms with Crippen LogP contribution in [-0.4, -0.2) is 60.4 Å². The van der Waals surface area contributed by atoms with Gasteiger partial charge in [-0.05, 0) is 26.2 Å². The Hall–Kier alpha value is -1.10. The lowest BCUT2D eigenvalue weighted by atomic mass is 10.1. The number of hydrogen-bond donors (Lipinski definition) is 1. The van der Waals surface area contributed by atoms with Crippen molar-refractivity contribution in [2.45, 2.75) is 52.0 Å². The molecule has 5 nitrogen and oxygen atoms in total. The molecule has 1 aliphatic heterocycles. The Bertz CT molecular complexity index is 359. The lowest BCUT2D eigenvalue weighted by Gasteiger charge is -2.38. The van der Waals surface area contributed by atoms with E-state index in [1.807, 2.05) is 11.8 Å². The minimum absolute atomic E-state index is 0.0970. The Morgan fingerprint density at radius 3 is 2.33 bits per heavy atom. The molecule has 120 valence electrons. The van der Waals surface area contributed by atoms with Crippen LogP contribution in [0.4, 0.5) is 0 Å². The molecule has 2 rings (SSSR count). The van der Waals surface area contributed by atoms with E-state index in [1.165, 1.54) is 12.8 Å². The van der Waals surface area contributed by atoms with E-state index in [-0.39, 0.29) is 17.9 Å². The van der Waals surface area contributed by atoms with Gasteiger partial charge in [-0.15, -0.1) is 0 Å². The average Bonchev–Trinajstić information content (AvgIpc) is 3.05. The number of amides is 2. The van der Waals surface area contributed by atoms with Crippen molar-refractivity contribution >= 4 is 11.8 Å². The van der Waals surface area contributed by atoms with Crippen LogP contribution in [0.5, 0.6) is 0 Å². The summed E-state index contributed by atoms with van der Waals surface area (Å²) in [7, 11) is 0. The summed E-state index contributed by atoms with van der Waals surface area (Å²) >= 11 is 0. The minimum Gasteiger partial charge on any atom is -0.355 e. The Morgan fingerprint density at radius 2 is 1.76 bits per heavy atom. The van der Waals surface area contributed by atoms with Crippen LogP contribution in [-0.2, 0) is 9.59 Å². The molecule has 2 fully saturated rings. The number of piperazine rings is 1. The van der Waals surface area contributed by atoms with Crippen molar-refractivity contribution in [1.29, 1.82) is 0 Å². The Kier molecular flexibility index (Phi) is 6.03. The van der Waals surface area contributed by atoms with Gasteiger partial charge in [0.15, 0.2) is 0 Å². The van der Waals surface area contributed by atoms with Crippen molar-refractivity contribution in [3.63, 3.8) is 0 Å². The van der Waals surface area contributed by atoms with Gasteiger partial charge in [-0.25, -0.2) is 0 Å². The predicted octanol–water partition coefficient (Wildman–Crippen LogP) is 1.24. The van der Waals surface area contributed by atoms with Crippen molar-refractivity contribution in [3.05, 3.63) is 0 Å². The van der Waals surface area contributed by atoms with Crippen LogP contribution in [0.3, 0.4) is 0 Å². The van der Waals surface area contributed by atoms with Crippen LogP contribution < -0.4 is 5.32 Å². The van der Waals surface area contributed by atoms with Gasteiger partial charge in [0.1, 0.15) is 0 Å². The first-order chi connectivity index (χ1) is 10.1. The summed E-state index contributed by atoms with van der Waals surface area (Å²) in [5.74, 6) is 0.712. The smallest absolute Gasteiger partial charge is 0.237 e. The quantitative estimate of drug-likeness (QED) is 0.830. The van der Waals surface area contributed by atoms with E-state index in [4.69, 9.17) is 0 Å². The average molecular weight is 295 g/mol. The summed E-state index contributed by atoms with van der Waals surface area (Å²) in [6.07, 6.45) is 5.49. The second-order valence-electron chi connectivity index (χ2n) is 6.31. The van der Waals surface area contributed by atoms with Gasteiger partial charge in [0.2, 0.25) is 11.8 Å². The molecule has 1 saturated heterocycles. The highest BCUT2D eigenvalue weighted by molar-refractivity contribution is 5.81. The molecule has 0 spiro atoms. The maximum atomic E-state index is 12.4. The van der Waals surface area contributed by atoms with Crippen LogP contribution >= 0.6 is 0 Å². The lowest BCUT2D eigenvalue weighted by molar-refractivity contribution is -0.138. The van der Waals surface area contributed by atoms with Gasteiger partial charge in [0, 0.05) is 38.6 Å². The fourth-order valence-corrected chi connectivity index (χ4v) is 3.32. The van der Waals surface area contributed by atoms with Gasteiger partial charge in [-0.1, -0.05) is 19.8 Å². The summed E-state index contributed by atoms with van der Waals surface area (Å²) in [6, 6.07) is -0.0970. The fourth-order valence-electron chi connectivity index (χ4n) is 3.32. The van der Waals surface area contributed by atoms with Gasteiger partial charge in [-0.2, -0.15) is 0 Å². The van der Waals surface area contributed by atoms with Gasteiger partial charge >= 0.3 is 0 Å². The van der Waals surface area contributed by atoms with Crippen LogP contribution in [0.25, 0.3) is 0 Å². The topological polar surface area (TPSA) is 52.7 Å². The van der Waals surface area contributed by atoms with Gasteiger partial charge in [0.05, 0.1) is 6.04 Å². The highest BCUT2D eigenvalue weighted by Crippen LogP contribution is 2.27. The zero-order valence-electron chi connectivity index (χ0n) is 13.4. The summed E-state index contributed by atoms with van der Waals surface area (Å²) in [4.78, 5) is 28.6. The SMILES string of the molecule is CCCNC(=O)C(C)N1CCN(C(=O)C2CCCC2)CC1. The Balaban J connectivity index is 1.77. The molecule has 5 heteroatoms. The van der Waals surface area contributed by atoms with Crippen LogP contribution in [0.15, 0.2) is 0 Å². The molecule has 1 heterocycles. The largest absolute Gasteiger partial charge is 0.355 e. The molecule has 1 aliphatic carbocycles. The van der Waals surface area contributed by atoms with Crippen molar-refractivity contribution in [3.8, 4) is 0 Å². The molecule has 1 saturated carbocycles. The normalized spacial score (nSPS) is 22.3. The Morgan fingerprint density at radius 1 is 1.14 bits per heavy atom. The maximum Gasteiger partial charge on any atom is 0.237 e. The molecule has 0 aromatic rings. The van der Waals surface area contributed by atoms with E-state index < -0.39 is 0 Å². The first kappa shape index (κ1) is 16.3. The number of carbonyl (C=O) groups excluding carboxylic acids is 2. The highest BCUT2D eigenvalue weighted by Gasteiger charge is 2.31. The minimum atomic E-state index is -0.0970. The van der Waals surface area contributed by atoms with E-state index in [0.29, 0.717) is 5.91 Å². The van der Waals surface area contributed by atoms with Gasteiger partial charge in [-0.3, -0.25) is 14.5 Å². The summed E-state index contributed by atoms with van der Waals surface area (Å²) in [5, 5.41) is 2.95. The molecule has 2 amide bonds. The third kappa shape index (κ3) is 4.19. The zero-order chi connectivity index (χ0) is 15.2. The second-order valence-corrected chi connectivity index (χ2v) is 6.31. The summed E-state index contributed by atoms with van der Waals surface area (Å²) in [6.45, 7) is 7.89. The van der Waals surface area contributed by atoms with Gasteiger partial charge in [0.25, 0.3) is 0 Å². The number of nitrogens with one attached hydrogen (secondary N) is 1. The third-order valence-corrected chi connectivity index (χ3v) is 4.81. The highest BCUT2D eigenvalue weighted by atomic mass is 16.2. The molecule has 0 aromatic carbocycles. The van der Waals surface area contributed by atoms with Crippen LogP contribution in [0.1, 0.15) is 46.0 Å². The lowest BCUT2D eigenvalue weighted by Crippen LogP contribution is -2.55. The monoisotopic (exact) mass is 295 g/mol. The number of rotatable bonds is 5. The zero-order valence-corrected chi connectivity index (χ0v) is 13.4. The number of carbonyl (C=O) groups is 2. The Labute approximate surface area is 128 Å². The molecule has 0 aromatic heterocycles. The third-order valence-electron chi connectivity index (χ3n) is 4.81. The van der Waals surface area contributed by atoms with Crippen molar-refractivity contribution in [2.24, 2.45) is 5.92 Å². The van der Waals surface area contributed by atoms with E-state index in [9.17, 15) is 9.59 Å². The molecule has 1 unspecified atom stereocenters. The molecule has 0 radical (unpaired) electrons. The molecule has 1 N–H and O–H groups in total. The number of hydrogen-bond acceptors (Lipinski definition) is 3. The van der Waals surface area contributed by atoms with Gasteiger partial charge < -0.3 is 10.2 Å². The molecular weight excluding hydrogens is 266 g/mol. The summed E-state index contributed by atoms with van der Waals surface area (Å²) in [5.41, 5.74) is 0. The molecule has 21 heavy (non-hydrogen) atoms. The number of nitrogens with zero attached hydrogens (tertiary/aromatic N) is 2. The molecule has 2 aliphatic rings. The first-order valence-electron chi connectivity index (χ1n) is 8.44. The predicted molar refractivity (Wildman–Crippen MR) is 82.9 cm³/mol. The van der Waals surface area contributed by atoms with E-state index in [1.54, 1.807) is 0 Å². The van der Waals surface area contributed by atoms with E-state index >= 15 is 0 Å². The van der Waals surface area contributed by atoms with Crippen LogP contribution in [0.2, 0.25) is 0 Å². The van der Waals surface area contributed by atoms with Crippen molar-refractivity contribution in [1.82, 2.24) is 15.1 Å². The van der Waals surface area contributed by atoms with E-state index in [2.05, 4.69) is 17.1 Å². The van der Waals surface area contributed by atoms with Crippen LogP contribution in [0, 0.1) is 5.92 Å².